The van der Waals surface area contributed by atoms with Gasteiger partial charge in [-0.2, -0.15) is 5.26 Å². The molecule has 2 aromatic rings. The minimum atomic E-state index is -2.94. The molecule has 0 aliphatic heterocycles. The van der Waals surface area contributed by atoms with E-state index in [-0.39, 0.29) is 12.0 Å². The minimum Gasteiger partial charge on any atom is -0.201 e. The van der Waals surface area contributed by atoms with Gasteiger partial charge in [-0.25, -0.2) is 8.78 Å². The van der Waals surface area contributed by atoms with E-state index in [9.17, 15) is 8.78 Å². The maximum absolute atomic E-state index is 14.6. The van der Waals surface area contributed by atoms with E-state index < -0.39 is 5.92 Å². The van der Waals surface area contributed by atoms with Crippen molar-refractivity contribution in [3.63, 3.8) is 0 Å². The second-order valence-electron chi connectivity index (χ2n) is 8.53. The summed E-state index contributed by atoms with van der Waals surface area (Å²) in [5.74, 6) is -1.49. The van der Waals surface area contributed by atoms with Crippen LogP contribution in [0.15, 0.2) is 48.5 Å². The fraction of sp³-hybridized carbons (Fsp3) is 0.500. The van der Waals surface area contributed by atoms with Crippen LogP contribution in [0.5, 0.6) is 0 Å². The van der Waals surface area contributed by atoms with Gasteiger partial charge in [0.2, 0.25) is 0 Å². The molecular weight excluding hydrogens is 364 g/mol. The Labute approximate surface area is 173 Å². The Morgan fingerprint density at radius 1 is 0.931 bits per heavy atom. The van der Waals surface area contributed by atoms with Crippen molar-refractivity contribution in [2.45, 2.75) is 76.6 Å². The smallest absolute Gasteiger partial charge is 0.201 e. The molecule has 1 fully saturated rings. The Hall–Kier alpha value is -2.21. The lowest BCUT2D eigenvalue weighted by Gasteiger charge is -2.29. The van der Waals surface area contributed by atoms with E-state index in [1.165, 1.54) is 81.2 Å². The molecule has 1 aliphatic rings. The van der Waals surface area contributed by atoms with Crippen LogP contribution in [-0.4, -0.2) is 0 Å². The zero-order chi connectivity index (χ0) is 20.7. The van der Waals surface area contributed by atoms with Gasteiger partial charge in [0, 0.05) is 12.0 Å². The van der Waals surface area contributed by atoms with E-state index in [4.69, 9.17) is 5.26 Å². The summed E-state index contributed by atoms with van der Waals surface area (Å²) in [5, 5.41) is 8.83. The van der Waals surface area contributed by atoms with Gasteiger partial charge in [0.15, 0.2) is 0 Å². The molecule has 1 nitrogen and oxygen atoms in total. The summed E-state index contributed by atoms with van der Waals surface area (Å²) < 4.78 is 29.2. The van der Waals surface area contributed by atoms with Gasteiger partial charge in [-0.15, -0.1) is 0 Å². The topological polar surface area (TPSA) is 23.8 Å². The second-order valence-corrected chi connectivity index (χ2v) is 8.53. The summed E-state index contributed by atoms with van der Waals surface area (Å²) in [5.41, 5.74) is 2.30. The molecule has 0 bridgehead atoms. The SMILES string of the molecule is CCCCCC1CCC(c2ccc(CC(F)(F)c3ccc(C#N)cc3)cc2)CC1. The lowest BCUT2D eigenvalue weighted by atomic mass is 9.77. The highest BCUT2D eigenvalue weighted by atomic mass is 19.3. The molecule has 0 heterocycles. The Bertz CT molecular complexity index is 794. The first-order valence-corrected chi connectivity index (χ1v) is 11.0. The molecule has 154 valence electrons. The highest BCUT2D eigenvalue weighted by Crippen LogP contribution is 2.38. The van der Waals surface area contributed by atoms with E-state index in [0.717, 1.165) is 5.92 Å². The van der Waals surface area contributed by atoms with Crippen molar-refractivity contribution in [2.75, 3.05) is 0 Å². The van der Waals surface area contributed by atoms with Crippen LogP contribution in [0.3, 0.4) is 0 Å². The molecular formula is C26H31F2N. The molecule has 2 aromatic carbocycles. The molecule has 29 heavy (non-hydrogen) atoms. The van der Waals surface area contributed by atoms with Gasteiger partial charge in [-0.3, -0.25) is 0 Å². The molecule has 0 saturated heterocycles. The van der Waals surface area contributed by atoms with Gasteiger partial charge in [-0.1, -0.05) is 69.0 Å². The van der Waals surface area contributed by atoms with Crippen molar-refractivity contribution < 1.29 is 8.78 Å². The summed E-state index contributed by atoms with van der Waals surface area (Å²) in [6.07, 6.45) is 10.1. The summed E-state index contributed by atoms with van der Waals surface area (Å²) >= 11 is 0. The molecule has 0 amide bonds. The van der Waals surface area contributed by atoms with Crippen molar-refractivity contribution in [3.05, 3.63) is 70.8 Å². The highest BCUT2D eigenvalue weighted by Gasteiger charge is 2.32. The zero-order valence-electron chi connectivity index (χ0n) is 17.3. The first-order valence-electron chi connectivity index (χ1n) is 11.0. The average molecular weight is 396 g/mol. The van der Waals surface area contributed by atoms with Crippen LogP contribution >= 0.6 is 0 Å². The number of halogens is 2. The number of alkyl halides is 2. The number of benzene rings is 2. The van der Waals surface area contributed by atoms with Crippen LogP contribution in [0.25, 0.3) is 0 Å². The first-order chi connectivity index (χ1) is 14.0. The third-order valence-corrected chi connectivity index (χ3v) is 6.38. The van der Waals surface area contributed by atoms with E-state index in [2.05, 4.69) is 6.92 Å². The maximum atomic E-state index is 14.6. The molecule has 0 radical (unpaired) electrons. The number of unbranched alkanes of at least 4 members (excludes halogenated alkanes) is 2. The van der Waals surface area contributed by atoms with Gasteiger partial charge < -0.3 is 0 Å². The fourth-order valence-corrected chi connectivity index (χ4v) is 4.52. The monoisotopic (exact) mass is 395 g/mol. The Kier molecular flexibility index (Phi) is 7.42. The van der Waals surface area contributed by atoms with Crippen LogP contribution in [0.1, 0.15) is 86.5 Å². The number of hydrogen-bond acceptors (Lipinski definition) is 1. The molecule has 0 unspecified atom stereocenters. The maximum Gasteiger partial charge on any atom is 0.277 e. The number of rotatable bonds is 8. The Balaban J connectivity index is 1.55. The molecule has 3 rings (SSSR count). The second kappa shape index (κ2) is 10.0. The minimum absolute atomic E-state index is 0.0398. The number of hydrogen-bond donors (Lipinski definition) is 0. The Morgan fingerprint density at radius 2 is 1.59 bits per heavy atom. The molecule has 0 spiro atoms. The lowest BCUT2D eigenvalue weighted by molar-refractivity contribution is -0.00383. The summed E-state index contributed by atoms with van der Waals surface area (Å²) in [4.78, 5) is 0. The van der Waals surface area contributed by atoms with E-state index >= 15 is 0 Å². The van der Waals surface area contributed by atoms with E-state index in [1.54, 1.807) is 0 Å². The van der Waals surface area contributed by atoms with Crippen LogP contribution in [0.2, 0.25) is 0 Å². The molecule has 0 aromatic heterocycles. The molecule has 1 saturated carbocycles. The fourth-order valence-electron chi connectivity index (χ4n) is 4.52. The zero-order valence-corrected chi connectivity index (χ0v) is 17.3. The Morgan fingerprint density at radius 3 is 2.17 bits per heavy atom. The normalized spacial score (nSPS) is 19.7. The van der Waals surface area contributed by atoms with Crippen molar-refractivity contribution in [1.82, 2.24) is 0 Å². The summed E-state index contributed by atoms with van der Waals surface area (Å²) in [7, 11) is 0. The van der Waals surface area contributed by atoms with Crippen molar-refractivity contribution in [1.29, 1.82) is 5.26 Å². The van der Waals surface area contributed by atoms with Crippen molar-refractivity contribution >= 4 is 0 Å². The average Bonchev–Trinajstić information content (AvgIpc) is 2.75. The number of nitriles is 1. The first kappa shape index (κ1) is 21.5. The quantitative estimate of drug-likeness (QED) is 0.419. The van der Waals surface area contributed by atoms with Crippen LogP contribution in [-0.2, 0) is 12.3 Å². The van der Waals surface area contributed by atoms with Crippen molar-refractivity contribution in [2.24, 2.45) is 5.92 Å². The van der Waals surface area contributed by atoms with Crippen LogP contribution in [0, 0.1) is 17.2 Å². The lowest BCUT2D eigenvalue weighted by Crippen LogP contribution is -2.17. The van der Waals surface area contributed by atoms with Gasteiger partial charge in [0.1, 0.15) is 0 Å². The van der Waals surface area contributed by atoms with Gasteiger partial charge in [0.25, 0.3) is 5.92 Å². The highest BCUT2D eigenvalue weighted by molar-refractivity contribution is 5.34. The van der Waals surface area contributed by atoms with Gasteiger partial charge >= 0.3 is 0 Å². The van der Waals surface area contributed by atoms with E-state index in [0.29, 0.717) is 17.0 Å². The third-order valence-electron chi connectivity index (χ3n) is 6.38. The predicted molar refractivity (Wildman–Crippen MR) is 114 cm³/mol. The molecule has 0 atom stereocenters. The molecule has 3 heteroatoms. The van der Waals surface area contributed by atoms with Crippen molar-refractivity contribution in [3.8, 4) is 6.07 Å². The standard InChI is InChI=1S/C26H31F2N/c1-2-3-4-5-20-6-12-23(13-7-20)24-14-8-21(9-15-24)18-26(27,28)25-16-10-22(19-29)11-17-25/h8-11,14-17,20,23H,2-7,12-13,18H2,1H3. The third kappa shape index (κ3) is 5.89. The number of nitrogens with zero attached hydrogens (tertiary/aromatic N) is 1. The molecule has 0 N–H and O–H groups in total. The van der Waals surface area contributed by atoms with Gasteiger partial charge in [0.05, 0.1) is 11.6 Å². The summed E-state index contributed by atoms with van der Waals surface area (Å²) in [6, 6.07) is 15.4. The van der Waals surface area contributed by atoms with E-state index in [1.807, 2.05) is 30.3 Å². The largest absolute Gasteiger partial charge is 0.277 e. The van der Waals surface area contributed by atoms with Gasteiger partial charge in [-0.05, 0) is 60.8 Å². The predicted octanol–water partition coefficient (Wildman–Crippen LogP) is 7.75. The summed E-state index contributed by atoms with van der Waals surface area (Å²) in [6.45, 7) is 2.25. The van der Waals surface area contributed by atoms with Crippen LogP contribution < -0.4 is 0 Å². The van der Waals surface area contributed by atoms with Crippen LogP contribution in [0.4, 0.5) is 8.78 Å². The molecule has 1 aliphatic carbocycles.